The molecule has 0 spiro atoms. The molecule has 1 N–H and O–H groups in total. The zero-order chi connectivity index (χ0) is 14.9. The lowest BCUT2D eigenvalue weighted by Crippen LogP contribution is -2.33. The first-order chi connectivity index (χ1) is 9.27. The van der Waals surface area contributed by atoms with Crippen molar-refractivity contribution in [3.05, 3.63) is 29.6 Å². The van der Waals surface area contributed by atoms with Gasteiger partial charge in [0.2, 0.25) is 0 Å². The molecular weight excluding hydrogens is 270 g/mol. The molecule has 1 aromatic rings. The molecule has 1 aliphatic rings. The quantitative estimate of drug-likeness (QED) is 0.748. The molecule has 1 nitrogen and oxygen atoms in total. The summed E-state index contributed by atoms with van der Waals surface area (Å²) in [7, 11) is 0. The lowest BCUT2D eigenvalue weighted by atomic mass is 9.80. The van der Waals surface area contributed by atoms with E-state index in [-0.39, 0.29) is 6.04 Å². The number of alkyl halides is 3. The van der Waals surface area contributed by atoms with Crippen molar-refractivity contribution in [3.63, 3.8) is 0 Å². The Kier molecular flexibility index (Phi) is 4.25. The molecule has 1 fully saturated rings. The summed E-state index contributed by atoms with van der Waals surface area (Å²) in [5.74, 6) is -0.173. The van der Waals surface area contributed by atoms with E-state index in [9.17, 15) is 17.6 Å². The number of halogens is 4. The van der Waals surface area contributed by atoms with E-state index in [1.807, 2.05) is 0 Å². The summed E-state index contributed by atoms with van der Waals surface area (Å²) >= 11 is 0. The smallest absolute Gasteiger partial charge is 0.382 e. The third-order valence-electron chi connectivity index (χ3n) is 4.06. The molecule has 0 heterocycles. The van der Waals surface area contributed by atoms with Gasteiger partial charge in [-0.15, -0.1) is 0 Å². The molecule has 0 aliphatic heterocycles. The monoisotopic (exact) mass is 289 g/mol. The van der Waals surface area contributed by atoms with E-state index in [0.717, 1.165) is 31.4 Å². The van der Waals surface area contributed by atoms with Crippen LogP contribution in [-0.4, -0.2) is 6.04 Å². The van der Waals surface area contributed by atoms with Crippen LogP contribution in [0.4, 0.5) is 23.2 Å². The first-order valence-electron chi connectivity index (χ1n) is 6.90. The molecule has 20 heavy (non-hydrogen) atoms. The van der Waals surface area contributed by atoms with Crippen LogP contribution in [-0.2, 0) is 6.18 Å². The summed E-state index contributed by atoms with van der Waals surface area (Å²) in [6.45, 7) is 4.29. The van der Waals surface area contributed by atoms with E-state index in [1.165, 1.54) is 6.07 Å². The topological polar surface area (TPSA) is 12.0 Å². The highest BCUT2D eigenvalue weighted by atomic mass is 19.4. The number of anilines is 1. The van der Waals surface area contributed by atoms with Crippen LogP contribution in [0.3, 0.4) is 0 Å². The SMILES string of the molecule is CC1CCC(Nc2ccc(F)c(C(F)(F)F)c2)C(C)C1. The van der Waals surface area contributed by atoms with Crippen LogP contribution in [0.15, 0.2) is 18.2 Å². The molecular formula is C15H19F4N. The zero-order valence-corrected chi connectivity index (χ0v) is 11.6. The molecule has 2 rings (SSSR count). The van der Waals surface area contributed by atoms with Crippen LogP contribution in [0.5, 0.6) is 0 Å². The lowest BCUT2D eigenvalue weighted by Gasteiger charge is -2.34. The van der Waals surface area contributed by atoms with Gasteiger partial charge in [0, 0.05) is 11.7 Å². The summed E-state index contributed by atoms with van der Waals surface area (Å²) in [4.78, 5) is 0. The van der Waals surface area contributed by atoms with Crippen molar-refractivity contribution in [2.45, 2.75) is 45.3 Å². The molecule has 0 bridgehead atoms. The number of rotatable bonds is 2. The second kappa shape index (κ2) is 5.62. The Morgan fingerprint density at radius 1 is 1.15 bits per heavy atom. The van der Waals surface area contributed by atoms with Crippen LogP contribution in [0, 0.1) is 17.7 Å². The van der Waals surface area contributed by atoms with Crippen LogP contribution >= 0.6 is 0 Å². The fourth-order valence-corrected chi connectivity index (χ4v) is 2.93. The number of hydrogen-bond donors (Lipinski definition) is 1. The van der Waals surface area contributed by atoms with Gasteiger partial charge >= 0.3 is 6.18 Å². The summed E-state index contributed by atoms with van der Waals surface area (Å²) in [5, 5.41) is 3.12. The van der Waals surface area contributed by atoms with Crippen LogP contribution in [0.1, 0.15) is 38.7 Å². The third kappa shape index (κ3) is 3.44. The van der Waals surface area contributed by atoms with Gasteiger partial charge in [-0.3, -0.25) is 0 Å². The van der Waals surface area contributed by atoms with Crippen molar-refractivity contribution in [2.24, 2.45) is 11.8 Å². The van der Waals surface area contributed by atoms with E-state index in [2.05, 4.69) is 19.2 Å². The molecule has 0 amide bonds. The highest BCUT2D eigenvalue weighted by Crippen LogP contribution is 2.35. The van der Waals surface area contributed by atoms with Crippen LogP contribution in [0.2, 0.25) is 0 Å². The van der Waals surface area contributed by atoms with Gasteiger partial charge in [0.15, 0.2) is 0 Å². The number of hydrogen-bond acceptors (Lipinski definition) is 1. The second-order valence-corrected chi connectivity index (χ2v) is 5.84. The summed E-state index contributed by atoms with van der Waals surface area (Å²) in [5.41, 5.74) is -0.871. The number of nitrogens with one attached hydrogen (secondary N) is 1. The summed E-state index contributed by atoms with van der Waals surface area (Å²) in [6, 6.07) is 3.26. The van der Waals surface area contributed by atoms with E-state index >= 15 is 0 Å². The number of benzene rings is 1. The average molecular weight is 289 g/mol. The lowest BCUT2D eigenvalue weighted by molar-refractivity contribution is -0.139. The van der Waals surface area contributed by atoms with Crippen molar-refractivity contribution in [1.29, 1.82) is 0 Å². The van der Waals surface area contributed by atoms with Crippen molar-refractivity contribution < 1.29 is 17.6 Å². The fourth-order valence-electron chi connectivity index (χ4n) is 2.93. The molecule has 5 heteroatoms. The Labute approximate surface area is 116 Å². The maximum absolute atomic E-state index is 13.2. The van der Waals surface area contributed by atoms with Crippen molar-refractivity contribution in [2.75, 3.05) is 5.32 Å². The van der Waals surface area contributed by atoms with Gasteiger partial charge < -0.3 is 5.32 Å². The van der Waals surface area contributed by atoms with E-state index in [4.69, 9.17) is 0 Å². The van der Waals surface area contributed by atoms with Crippen LogP contribution in [0.25, 0.3) is 0 Å². The van der Waals surface area contributed by atoms with E-state index < -0.39 is 17.6 Å². The molecule has 0 saturated heterocycles. The highest BCUT2D eigenvalue weighted by Gasteiger charge is 2.34. The first kappa shape index (κ1) is 15.1. The van der Waals surface area contributed by atoms with Gasteiger partial charge in [0.25, 0.3) is 0 Å². The molecule has 1 aromatic carbocycles. The maximum Gasteiger partial charge on any atom is 0.419 e. The minimum absolute atomic E-state index is 0.151. The van der Waals surface area contributed by atoms with Crippen molar-refractivity contribution in [1.82, 2.24) is 0 Å². The van der Waals surface area contributed by atoms with Gasteiger partial charge in [-0.1, -0.05) is 13.8 Å². The standard InChI is InChI=1S/C15H19F4N/c1-9-3-6-14(10(2)7-9)20-11-4-5-13(16)12(8-11)15(17,18)19/h4-5,8-10,14,20H,3,6-7H2,1-2H3. The van der Waals surface area contributed by atoms with Gasteiger partial charge in [0.05, 0.1) is 5.56 Å². The Hall–Kier alpha value is -1.26. The van der Waals surface area contributed by atoms with E-state index in [0.29, 0.717) is 17.5 Å². The van der Waals surface area contributed by atoms with Gasteiger partial charge in [-0.25, -0.2) is 4.39 Å². The second-order valence-electron chi connectivity index (χ2n) is 5.84. The molecule has 3 atom stereocenters. The van der Waals surface area contributed by atoms with Gasteiger partial charge in [0.1, 0.15) is 5.82 Å². The summed E-state index contributed by atoms with van der Waals surface area (Å²) in [6.07, 6.45) is -1.60. The molecule has 0 radical (unpaired) electrons. The Bertz CT molecular complexity index is 469. The minimum Gasteiger partial charge on any atom is -0.382 e. The molecule has 0 aromatic heterocycles. The van der Waals surface area contributed by atoms with Gasteiger partial charge in [-0.2, -0.15) is 13.2 Å². The van der Waals surface area contributed by atoms with Crippen molar-refractivity contribution in [3.8, 4) is 0 Å². The third-order valence-corrected chi connectivity index (χ3v) is 4.06. The van der Waals surface area contributed by atoms with Gasteiger partial charge in [-0.05, 0) is 49.3 Å². The zero-order valence-electron chi connectivity index (χ0n) is 11.6. The molecule has 1 aliphatic carbocycles. The normalized spacial score (nSPS) is 27.4. The Balaban J connectivity index is 2.14. The largest absolute Gasteiger partial charge is 0.419 e. The van der Waals surface area contributed by atoms with Crippen LogP contribution < -0.4 is 5.32 Å². The van der Waals surface area contributed by atoms with Crippen molar-refractivity contribution >= 4 is 5.69 Å². The highest BCUT2D eigenvalue weighted by molar-refractivity contribution is 5.48. The minimum atomic E-state index is -4.66. The van der Waals surface area contributed by atoms with E-state index in [1.54, 1.807) is 0 Å². The summed E-state index contributed by atoms with van der Waals surface area (Å²) < 4.78 is 51.2. The maximum atomic E-state index is 13.2. The Morgan fingerprint density at radius 2 is 1.85 bits per heavy atom. The molecule has 112 valence electrons. The first-order valence-corrected chi connectivity index (χ1v) is 6.90. The Morgan fingerprint density at radius 3 is 2.45 bits per heavy atom. The predicted octanol–water partition coefficient (Wildman–Crippen LogP) is 5.08. The molecule has 3 unspecified atom stereocenters. The average Bonchev–Trinajstić information content (AvgIpc) is 2.33. The fraction of sp³-hybridized carbons (Fsp3) is 0.600. The predicted molar refractivity (Wildman–Crippen MR) is 71.0 cm³/mol. The molecule has 1 saturated carbocycles.